The monoisotopic (exact) mass is 269 g/mol. The Bertz CT molecular complexity index is 534. The van der Waals surface area contributed by atoms with Crippen molar-refractivity contribution >= 4 is 15.7 Å². The summed E-state index contributed by atoms with van der Waals surface area (Å²) >= 11 is 0. The second-order valence-corrected chi connectivity index (χ2v) is 6.66. The summed E-state index contributed by atoms with van der Waals surface area (Å²) in [5.41, 5.74) is 7.13. The zero-order valence-corrected chi connectivity index (χ0v) is 11.6. The average Bonchev–Trinajstić information content (AvgIpc) is 2.33. The highest BCUT2D eigenvalue weighted by atomic mass is 32.2. The number of aryl methyl sites for hydroxylation is 1. The molecule has 18 heavy (non-hydrogen) atoms. The highest BCUT2D eigenvalue weighted by molar-refractivity contribution is 7.89. The quantitative estimate of drug-likeness (QED) is 0.795. The van der Waals surface area contributed by atoms with Gasteiger partial charge < -0.3 is 10.6 Å². The Labute approximate surface area is 108 Å². The lowest BCUT2D eigenvalue weighted by Crippen LogP contribution is -2.47. The molecular weight excluding hydrogens is 250 g/mol. The van der Waals surface area contributed by atoms with Crippen LogP contribution < -0.4 is 5.73 Å². The molecule has 0 saturated carbocycles. The van der Waals surface area contributed by atoms with Crippen molar-refractivity contribution in [2.24, 2.45) is 0 Å². The van der Waals surface area contributed by atoms with Crippen LogP contribution >= 0.6 is 0 Å². The zero-order valence-electron chi connectivity index (χ0n) is 10.8. The SMILES string of the molecule is Cc1cc(S(=O)(=O)N2CCN(C)CC2)ccc1N. The molecule has 0 spiro atoms. The smallest absolute Gasteiger partial charge is 0.243 e. The van der Waals surface area contributed by atoms with Gasteiger partial charge in [0.25, 0.3) is 0 Å². The summed E-state index contributed by atoms with van der Waals surface area (Å²) in [7, 11) is -1.38. The van der Waals surface area contributed by atoms with Crippen LogP contribution in [0.15, 0.2) is 23.1 Å². The fourth-order valence-electron chi connectivity index (χ4n) is 1.99. The van der Waals surface area contributed by atoms with E-state index >= 15 is 0 Å². The van der Waals surface area contributed by atoms with E-state index in [2.05, 4.69) is 4.90 Å². The Hall–Kier alpha value is -1.11. The third-order valence-corrected chi connectivity index (χ3v) is 5.24. The average molecular weight is 269 g/mol. The molecule has 0 aromatic heterocycles. The predicted octanol–water partition coefficient (Wildman–Crippen LogP) is 0.513. The second kappa shape index (κ2) is 4.87. The topological polar surface area (TPSA) is 66.6 Å². The fraction of sp³-hybridized carbons (Fsp3) is 0.500. The minimum absolute atomic E-state index is 0.332. The van der Waals surface area contributed by atoms with Crippen molar-refractivity contribution in [2.45, 2.75) is 11.8 Å². The molecule has 0 atom stereocenters. The molecule has 5 nitrogen and oxygen atoms in total. The fourth-order valence-corrected chi connectivity index (χ4v) is 3.49. The lowest BCUT2D eigenvalue weighted by Gasteiger charge is -2.31. The second-order valence-electron chi connectivity index (χ2n) is 4.73. The molecule has 0 amide bonds. The molecule has 1 aromatic carbocycles. The number of anilines is 1. The molecule has 2 N–H and O–H groups in total. The molecule has 1 aliphatic heterocycles. The van der Waals surface area contributed by atoms with E-state index in [0.717, 1.165) is 18.7 Å². The maximum absolute atomic E-state index is 12.4. The van der Waals surface area contributed by atoms with Crippen LogP contribution in [0.3, 0.4) is 0 Å². The summed E-state index contributed by atoms with van der Waals surface area (Å²) in [6.45, 7) is 4.45. The lowest BCUT2D eigenvalue weighted by molar-refractivity contribution is 0.222. The third-order valence-electron chi connectivity index (χ3n) is 3.34. The van der Waals surface area contributed by atoms with Gasteiger partial charge in [-0.1, -0.05) is 0 Å². The normalized spacial score (nSPS) is 19.0. The van der Waals surface area contributed by atoms with E-state index in [1.54, 1.807) is 18.2 Å². The first-order chi connectivity index (χ1) is 8.41. The number of hydrogen-bond donors (Lipinski definition) is 1. The molecule has 100 valence electrons. The van der Waals surface area contributed by atoms with Crippen molar-refractivity contribution in [3.05, 3.63) is 23.8 Å². The largest absolute Gasteiger partial charge is 0.399 e. The summed E-state index contributed by atoms with van der Waals surface area (Å²) in [6, 6.07) is 4.87. The van der Waals surface area contributed by atoms with Crippen molar-refractivity contribution in [3.8, 4) is 0 Å². The number of benzene rings is 1. The molecule has 0 aliphatic carbocycles. The van der Waals surface area contributed by atoms with Gasteiger partial charge in [0.2, 0.25) is 10.0 Å². The van der Waals surface area contributed by atoms with Crippen LogP contribution in [0.5, 0.6) is 0 Å². The van der Waals surface area contributed by atoms with Crippen molar-refractivity contribution < 1.29 is 8.42 Å². The number of nitrogens with two attached hydrogens (primary N) is 1. The molecular formula is C12H19N3O2S. The Morgan fingerprint density at radius 2 is 1.78 bits per heavy atom. The molecule has 2 rings (SSSR count). The number of rotatable bonds is 2. The van der Waals surface area contributed by atoms with Gasteiger partial charge in [0, 0.05) is 31.9 Å². The first-order valence-corrected chi connectivity index (χ1v) is 7.40. The standard InChI is InChI=1S/C12H19N3O2S/c1-10-9-11(3-4-12(10)13)18(16,17)15-7-5-14(2)6-8-15/h3-4,9H,5-8,13H2,1-2H3. The lowest BCUT2D eigenvalue weighted by atomic mass is 10.2. The van der Waals surface area contributed by atoms with Gasteiger partial charge >= 0.3 is 0 Å². The molecule has 1 aromatic rings. The molecule has 1 saturated heterocycles. The Balaban J connectivity index is 2.27. The van der Waals surface area contributed by atoms with Gasteiger partial charge in [0.05, 0.1) is 4.90 Å². The Morgan fingerprint density at radius 3 is 2.33 bits per heavy atom. The van der Waals surface area contributed by atoms with Gasteiger partial charge in [0.1, 0.15) is 0 Å². The number of hydrogen-bond acceptors (Lipinski definition) is 4. The summed E-state index contributed by atoms with van der Waals surface area (Å²) in [6.07, 6.45) is 0. The van der Waals surface area contributed by atoms with E-state index in [4.69, 9.17) is 5.73 Å². The molecule has 0 unspecified atom stereocenters. The molecule has 1 heterocycles. The third kappa shape index (κ3) is 2.50. The van der Waals surface area contributed by atoms with E-state index in [1.165, 1.54) is 4.31 Å². The maximum atomic E-state index is 12.4. The highest BCUT2D eigenvalue weighted by Gasteiger charge is 2.27. The molecule has 1 fully saturated rings. The van der Waals surface area contributed by atoms with Crippen molar-refractivity contribution in [1.29, 1.82) is 0 Å². The summed E-state index contributed by atoms with van der Waals surface area (Å²) in [4.78, 5) is 2.46. The number of likely N-dealkylation sites (N-methyl/N-ethyl adjacent to an activating group) is 1. The van der Waals surface area contributed by atoms with Crippen LogP contribution in [0.4, 0.5) is 5.69 Å². The highest BCUT2D eigenvalue weighted by Crippen LogP contribution is 2.21. The van der Waals surface area contributed by atoms with Crippen LogP contribution in [0.25, 0.3) is 0 Å². The minimum Gasteiger partial charge on any atom is -0.399 e. The number of sulfonamides is 1. The number of nitrogen functional groups attached to an aromatic ring is 1. The summed E-state index contributed by atoms with van der Waals surface area (Å²) in [5, 5.41) is 0. The summed E-state index contributed by atoms with van der Waals surface area (Å²) in [5.74, 6) is 0. The number of nitrogens with zero attached hydrogens (tertiary/aromatic N) is 2. The first kappa shape index (κ1) is 13.3. The molecule has 6 heteroatoms. The van der Waals surface area contributed by atoms with Crippen LogP contribution in [-0.4, -0.2) is 50.8 Å². The van der Waals surface area contributed by atoms with Gasteiger partial charge in [-0.15, -0.1) is 0 Å². The van der Waals surface area contributed by atoms with Crippen LogP contribution in [-0.2, 0) is 10.0 Å². The van der Waals surface area contributed by atoms with Gasteiger partial charge in [-0.3, -0.25) is 0 Å². The molecule has 1 aliphatic rings. The van der Waals surface area contributed by atoms with Gasteiger partial charge in [-0.25, -0.2) is 8.42 Å². The Morgan fingerprint density at radius 1 is 1.17 bits per heavy atom. The first-order valence-electron chi connectivity index (χ1n) is 5.96. The predicted molar refractivity (Wildman–Crippen MR) is 71.8 cm³/mol. The maximum Gasteiger partial charge on any atom is 0.243 e. The van der Waals surface area contributed by atoms with Crippen LogP contribution in [0.1, 0.15) is 5.56 Å². The van der Waals surface area contributed by atoms with E-state index in [1.807, 2.05) is 14.0 Å². The molecule has 0 radical (unpaired) electrons. The van der Waals surface area contributed by atoms with E-state index in [0.29, 0.717) is 23.7 Å². The van der Waals surface area contributed by atoms with Crippen LogP contribution in [0.2, 0.25) is 0 Å². The Kier molecular flexibility index (Phi) is 3.61. The van der Waals surface area contributed by atoms with E-state index in [-0.39, 0.29) is 0 Å². The van der Waals surface area contributed by atoms with E-state index < -0.39 is 10.0 Å². The van der Waals surface area contributed by atoms with Crippen LogP contribution in [0, 0.1) is 6.92 Å². The van der Waals surface area contributed by atoms with E-state index in [9.17, 15) is 8.42 Å². The minimum atomic E-state index is -3.37. The van der Waals surface area contributed by atoms with Gasteiger partial charge in [-0.05, 0) is 37.7 Å². The van der Waals surface area contributed by atoms with Crippen molar-refractivity contribution in [2.75, 3.05) is 39.0 Å². The molecule has 0 bridgehead atoms. The van der Waals surface area contributed by atoms with Crippen molar-refractivity contribution in [1.82, 2.24) is 9.21 Å². The summed E-state index contributed by atoms with van der Waals surface area (Å²) < 4.78 is 26.4. The van der Waals surface area contributed by atoms with Gasteiger partial charge in [-0.2, -0.15) is 4.31 Å². The zero-order chi connectivity index (χ0) is 13.3. The van der Waals surface area contributed by atoms with Crippen molar-refractivity contribution in [3.63, 3.8) is 0 Å². The van der Waals surface area contributed by atoms with Gasteiger partial charge in [0.15, 0.2) is 0 Å². The number of piperazine rings is 1.